The average Bonchev–Trinajstić information content (AvgIpc) is 3.38. The van der Waals surface area contributed by atoms with Crippen LogP contribution in [-0.2, 0) is 0 Å². The molecule has 1 saturated heterocycles. The Labute approximate surface area is 148 Å². The third kappa shape index (κ3) is 3.09. The van der Waals surface area contributed by atoms with Crippen LogP contribution in [0.15, 0.2) is 16.8 Å². The van der Waals surface area contributed by atoms with E-state index in [0.29, 0.717) is 24.8 Å². The van der Waals surface area contributed by atoms with Crippen LogP contribution in [0.4, 0.5) is 11.5 Å². The smallest absolute Gasteiger partial charge is 0.288 e. The quantitative estimate of drug-likeness (QED) is 0.629. The van der Waals surface area contributed by atoms with E-state index in [2.05, 4.69) is 15.1 Å². The van der Waals surface area contributed by atoms with Gasteiger partial charge in [-0.25, -0.2) is 4.98 Å². The van der Waals surface area contributed by atoms with Crippen molar-refractivity contribution in [2.75, 3.05) is 18.0 Å². The second-order valence-electron chi connectivity index (χ2n) is 6.71. The molecule has 0 unspecified atom stereocenters. The van der Waals surface area contributed by atoms with Gasteiger partial charge in [-0.15, -0.1) is 0 Å². The van der Waals surface area contributed by atoms with E-state index in [4.69, 9.17) is 10.3 Å². The van der Waals surface area contributed by atoms with Crippen molar-refractivity contribution in [3.8, 4) is 0 Å². The lowest BCUT2D eigenvalue weighted by Crippen LogP contribution is -2.35. The fourth-order valence-corrected chi connectivity index (χ4v) is 3.24. The molecule has 0 bridgehead atoms. The number of primary amides is 1. The van der Waals surface area contributed by atoms with Crippen LogP contribution in [0, 0.1) is 10.1 Å². The van der Waals surface area contributed by atoms with Crippen molar-refractivity contribution in [1.29, 1.82) is 0 Å². The maximum Gasteiger partial charge on any atom is 0.288 e. The fourth-order valence-electron chi connectivity index (χ4n) is 3.24. The van der Waals surface area contributed by atoms with Gasteiger partial charge in [0.05, 0.1) is 10.5 Å². The third-order valence-corrected chi connectivity index (χ3v) is 4.87. The van der Waals surface area contributed by atoms with Gasteiger partial charge < -0.3 is 15.2 Å². The van der Waals surface area contributed by atoms with E-state index in [-0.39, 0.29) is 17.2 Å². The van der Waals surface area contributed by atoms with E-state index in [9.17, 15) is 14.9 Å². The lowest BCUT2D eigenvalue weighted by Gasteiger charge is -2.32. The van der Waals surface area contributed by atoms with Crippen LogP contribution in [0.1, 0.15) is 59.6 Å². The van der Waals surface area contributed by atoms with Crippen LogP contribution in [0.2, 0.25) is 0 Å². The minimum Gasteiger partial charge on any atom is -0.365 e. The zero-order valence-electron chi connectivity index (χ0n) is 14.0. The number of hydrogen-bond donors (Lipinski definition) is 1. The number of pyridine rings is 1. The number of piperidine rings is 1. The van der Waals surface area contributed by atoms with Gasteiger partial charge in [-0.1, -0.05) is 5.16 Å². The molecule has 10 nitrogen and oxygen atoms in total. The maximum atomic E-state index is 11.7. The second-order valence-corrected chi connectivity index (χ2v) is 6.71. The first-order valence-electron chi connectivity index (χ1n) is 8.55. The molecule has 1 saturated carbocycles. The molecule has 0 aromatic carbocycles. The first-order valence-corrected chi connectivity index (χ1v) is 8.55. The van der Waals surface area contributed by atoms with Crippen LogP contribution in [0.3, 0.4) is 0 Å². The lowest BCUT2D eigenvalue weighted by atomic mass is 9.96. The molecule has 2 fully saturated rings. The van der Waals surface area contributed by atoms with Crippen LogP contribution < -0.4 is 10.6 Å². The summed E-state index contributed by atoms with van der Waals surface area (Å²) >= 11 is 0. The molecule has 2 N–H and O–H groups in total. The highest BCUT2D eigenvalue weighted by Gasteiger charge is 2.32. The lowest BCUT2D eigenvalue weighted by molar-refractivity contribution is -0.385. The molecule has 3 heterocycles. The van der Waals surface area contributed by atoms with Gasteiger partial charge in [0.2, 0.25) is 5.89 Å². The summed E-state index contributed by atoms with van der Waals surface area (Å²) < 4.78 is 5.33. The second kappa shape index (κ2) is 6.36. The van der Waals surface area contributed by atoms with E-state index < -0.39 is 10.8 Å². The molecule has 2 aromatic heterocycles. The van der Waals surface area contributed by atoms with Gasteiger partial charge in [-0.3, -0.25) is 14.9 Å². The molecule has 2 aliphatic rings. The summed E-state index contributed by atoms with van der Waals surface area (Å²) in [7, 11) is 0. The number of nitro groups is 1. The van der Waals surface area contributed by atoms with Gasteiger partial charge in [-0.05, 0) is 25.7 Å². The molecule has 2 aromatic rings. The maximum absolute atomic E-state index is 11.7. The summed E-state index contributed by atoms with van der Waals surface area (Å²) in [6.07, 6.45) is 4.93. The Kier molecular flexibility index (Phi) is 4.02. The molecule has 0 spiro atoms. The molecule has 26 heavy (non-hydrogen) atoms. The van der Waals surface area contributed by atoms with Crippen LogP contribution in [0.5, 0.6) is 0 Å². The van der Waals surface area contributed by atoms with Gasteiger partial charge in [0.1, 0.15) is 12.0 Å². The van der Waals surface area contributed by atoms with Crippen molar-refractivity contribution in [1.82, 2.24) is 15.1 Å². The minimum absolute atomic E-state index is 0.0632. The van der Waals surface area contributed by atoms with Gasteiger partial charge in [-0.2, -0.15) is 4.98 Å². The zero-order valence-corrected chi connectivity index (χ0v) is 14.0. The largest absolute Gasteiger partial charge is 0.365 e. The highest BCUT2D eigenvalue weighted by molar-refractivity contribution is 5.98. The first kappa shape index (κ1) is 16.4. The number of carbonyl (C=O) groups excluding carboxylic acids is 1. The molecule has 10 heteroatoms. The summed E-state index contributed by atoms with van der Waals surface area (Å²) in [6.45, 7) is 1.26. The number of amides is 1. The summed E-state index contributed by atoms with van der Waals surface area (Å²) in [4.78, 5) is 32.5. The Morgan fingerprint density at radius 2 is 2.00 bits per heavy atom. The predicted octanol–water partition coefficient (Wildman–Crippen LogP) is 1.73. The van der Waals surface area contributed by atoms with E-state index in [1.165, 1.54) is 6.07 Å². The molecular formula is C16H18N6O4. The SMILES string of the molecule is NC(=O)c1cc([N+](=O)[O-])cnc1N1CCC(c2noc(C3CC3)n2)CC1. The van der Waals surface area contributed by atoms with Crippen LogP contribution in [-0.4, -0.2) is 39.0 Å². The van der Waals surface area contributed by atoms with E-state index in [1.54, 1.807) is 0 Å². The number of nitrogens with two attached hydrogens (primary N) is 1. The predicted molar refractivity (Wildman–Crippen MR) is 89.9 cm³/mol. The third-order valence-electron chi connectivity index (χ3n) is 4.87. The summed E-state index contributed by atoms with van der Waals surface area (Å²) in [5.41, 5.74) is 5.20. The molecule has 1 aliphatic carbocycles. The normalized spacial score (nSPS) is 18.1. The van der Waals surface area contributed by atoms with Gasteiger partial charge in [0, 0.05) is 31.0 Å². The Morgan fingerprint density at radius 3 is 2.62 bits per heavy atom. The zero-order chi connectivity index (χ0) is 18.3. The van der Waals surface area contributed by atoms with Crippen molar-refractivity contribution in [3.63, 3.8) is 0 Å². The number of rotatable bonds is 5. The Hall–Kier alpha value is -3.04. The molecule has 0 atom stereocenters. The van der Waals surface area contributed by atoms with E-state index in [0.717, 1.165) is 43.6 Å². The van der Waals surface area contributed by atoms with Gasteiger partial charge in [0.25, 0.3) is 11.6 Å². The number of hydrogen-bond acceptors (Lipinski definition) is 8. The number of anilines is 1. The Balaban J connectivity index is 1.48. The van der Waals surface area contributed by atoms with Crippen LogP contribution in [0.25, 0.3) is 0 Å². The van der Waals surface area contributed by atoms with Crippen molar-refractivity contribution >= 4 is 17.4 Å². The van der Waals surface area contributed by atoms with Crippen molar-refractivity contribution in [2.24, 2.45) is 5.73 Å². The molecule has 4 rings (SSSR count). The van der Waals surface area contributed by atoms with Gasteiger partial charge >= 0.3 is 0 Å². The summed E-state index contributed by atoms with van der Waals surface area (Å²) in [5.74, 6) is 1.74. The Bertz CT molecular complexity index is 854. The van der Waals surface area contributed by atoms with E-state index >= 15 is 0 Å². The minimum atomic E-state index is -0.731. The summed E-state index contributed by atoms with van der Waals surface area (Å²) in [6, 6.07) is 1.18. The highest BCUT2D eigenvalue weighted by atomic mass is 16.6. The van der Waals surface area contributed by atoms with Crippen molar-refractivity contribution in [3.05, 3.63) is 39.7 Å². The van der Waals surface area contributed by atoms with Crippen LogP contribution >= 0.6 is 0 Å². The topological polar surface area (TPSA) is 141 Å². The molecule has 0 radical (unpaired) electrons. The van der Waals surface area contributed by atoms with Crippen molar-refractivity contribution in [2.45, 2.75) is 37.5 Å². The monoisotopic (exact) mass is 358 g/mol. The number of aromatic nitrogens is 3. The summed E-state index contributed by atoms with van der Waals surface area (Å²) in [5, 5.41) is 15.0. The molecule has 1 amide bonds. The first-order chi connectivity index (χ1) is 12.5. The van der Waals surface area contributed by atoms with Gasteiger partial charge in [0.15, 0.2) is 5.82 Å². The van der Waals surface area contributed by atoms with E-state index in [1.807, 2.05) is 4.90 Å². The number of carbonyl (C=O) groups is 1. The highest BCUT2D eigenvalue weighted by Crippen LogP contribution is 2.40. The molecule has 1 aliphatic heterocycles. The fraction of sp³-hybridized carbons (Fsp3) is 0.500. The van der Waals surface area contributed by atoms with Crippen molar-refractivity contribution < 1.29 is 14.2 Å². The standard InChI is InChI=1S/C16H18N6O4/c17-13(23)12-7-11(22(24)25)8-18-15(12)21-5-3-9(4-6-21)14-19-16(26-20-14)10-1-2-10/h7-10H,1-6H2,(H2,17,23). The molecular weight excluding hydrogens is 340 g/mol. The number of nitrogens with zero attached hydrogens (tertiary/aromatic N) is 5. The molecule has 136 valence electrons. The average molecular weight is 358 g/mol. The Morgan fingerprint density at radius 1 is 1.27 bits per heavy atom.